The lowest BCUT2D eigenvalue weighted by molar-refractivity contribution is 0.0423. The Hall–Kier alpha value is -1.94. The fraction of sp³-hybridized carbons (Fsp3) is 0.375. The van der Waals surface area contributed by atoms with Crippen LogP contribution < -0.4 is 5.32 Å². The zero-order chi connectivity index (χ0) is 14.0. The number of amides is 1. The summed E-state index contributed by atoms with van der Waals surface area (Å²) < 4.78 is 5.36. The molecule has 1 N–H and O–H groups in total. The molecule has 1 fully saturated rings. The highest BCUT2D eigenvalue weighted by atomic mass is 16.5. The number of aromatic nitrogens is 1. The van der Waals surface area contributed by atoms with Crippen LogP contribution in [0, 0.1) is 0 Å². The van der Waals surface area contributed by atoms with Crippen LogP contribution in [0.2, 0.25) is 0 Å². The summed E-state index contributed by atoms with van der Waals surface area (Å²) in [5.41, 5.74) is 1.35. The molecule has 0 atom stereocenters. The van der Waals surface area contributed by atoms with Gasteiger partial charge in [0.2, 0.25) is 0 Å². The number of hydrogen-bond donors (Lipinski definition) is 1. The van der Waals surface area contributed by atoms with E-state index in [2.05, 4.69) is 17.2 Å². The number of pyridine rings is 1. The molecular weight excluding hydrogens is 252 g/mol. The number of fused-ring (bicyclic) bond motifs is 1. The lowest BCUT2D eigenvalue weighted by Gasteiger charge is -2.34. The number of benzene rings is 1. The molecule has 0 bridgehead atoms. The van der Waals surface area contributed by atoms with Crippen molar-refractivity contribution in [2.45, 2.75) is 25.3 Å². The highest BCUT2D eigenvalue weighted by molar-refractivity contribution is 6.06. The molecule has 1 amide bonds. The Kier molecular flexibility index (Phi) is 3.40. The Morgan fingerprint density at radius 1 is 1.25 bits per heavy atom. The van der Waals surface area contributed by atoms with E-state index in [-0.39, 0.29) is 11.4 Å². The molecule has 1 aromatic heterocycles. The lowest BCUT2D eigenvalue weighted by atomic mass is 9.92. The number of rotatable bonds is 2. The molecule has 1 aromatic carbocycles. The Morgan fingerprint density at radius 2 is 2.05 bits per heavy atom. The minimum atomic E-state index is -0.181. The highest BCUT2D eigenvalue weighted by Gasteiger charge is 2.29. The van der Waals surface area contributed by atoms with Gasteiger partial charge in [0.15, 0.2) is 0 Å². The third-order valence-electron chi connectivity index (χ3n) is 3.90. The second-order valence-electron chi connectivity index (χ2n) is 5.50. The molecule has 1 saturated heterocycles. The summed E-state index contributed by atoms with van der Waals surface area (Å²) in [5, 5.41) is 4.05. The van der Waals surface area contributed by atoms with Gasteiger partial charge in [0, 0.05) is 35.9 Å². The number of hydrogen-bond acceptors (Lipinski definition) is 3. The first-order chi connectivity index (χ1) is 9.68. The summed E-state index contributed by atoms with van der Waals surface area (Å²) in [6.45, 7) is 3.48. The Bertz CT molecular complexity index is 628. The number of nitrogens with zero attached hydrogens (tertiary/aromatic N) is 1. The van der Waals surface area contributed by atoms with Crippen LogP contribution in [0.1, 0.15) is 30.1 Å². The van der Waals surface area contributed by atoms with Crippen molar-refractivity contribution in [1.29, 1.82) is 0 Å². The van der Waals surface area contributed by atoms with Gasteiger partial charge in [-0.3, -0.25) is 9.78 Å². The van der Waals surface area contributed by atoms with Crippen molar-refractivity contribution in [1.82, 2.24) is 10.3 Å². The molecular formula is C16H18N2O2. The second kappa shape index (κ2) is 5.21. The van der Waals surface area contributed by atoms with Gasteiger partial charge < -0.3 is 10.1 Å². The molecule has 0 aliphatic carbocycles. The smallest absolute Gasteiger partial charge is 0.252 e. The summed E-state index contributed by atoms with van der Waals surface area (Å²) in [6, 6.07) is 9.43. The van der Waals surface area contributed by atoms with Gasteiger partial charge in [0.25, 0.3) is 5.91 Å². The quantitative estimate of drug-likeness (QED) is 0.912. The van der Waals surface area contributed by atoms with Crippen LogP contribution in [0.3, 0.4) is 0 Å². The van der Waals surface area contributed by atoms with Gasteiger partial charge in [-0.1, -0.05) is 12.1 Å². The molecule has 0 radical (unpaired) electrons. The minimum absolute atomic E-state index is 0.0343. The molecule has 20 heavy (non-hydrogen) atoms. The number of ether oxygens (including phenoxy) is 1. The molecule has 0 unspecified atom stereocenters. The van der Waals surface area contributed by atoms with Crippen LogP contribution in [-0.2, 0) is 4.74 Å². The van der Waals surface area contributed by atoms with Crippen LogP contribution in [0.25, 0.3) is 10.9 Å². The van der Waals surface area contributed by atoms with Crippen LogP contribution in [0.15, 0.2) is 36.5 Å². The summed E-state index contributed by atoms with van der Waals surface area (Å²) in [7, 11) is 0. The van der Waals surface area contributed by atoms with Gasteiger partial charge in [-0.05, 0) is 38.0 Å². The largest absolute Gasteiger partial charge is 0.381 e. The minimum Gasteiger partial charge on any atom is -0.381 e. The summed E-state index contributed by atoms with van der Waals surface area (Å²) in [4.78, 5) is 16.8. The molecule has 0 spiro atoms. The van der Waals surface area contributed by atoms with Crippen LogP contribution in [0.4, 0.5) is 0 Å². The molecule has 2 aromatic rings. The van der Waals surface area contributed by atoms with E-state index < -0.39 is 0 Å². The van der Waals surface area contributed by atoms with Crippen molar-refractivity contribution >= 4 is 16.8 Å². The van der Waals surface area contributed by atoms with Crippen LogP contribution in [0.5, 0.6) is 0 Å². The second-order valence-corrected chi connectivity index (χ2v) is 5.50. The number of carbonyl (C=O) groups is 1. The lowest BCUT2D eigenvalue weighted by Crippen LogP contribution is -2.49. The van der Waals surface area contributed by atoms with E-state index in [1.165, 1.54) is 0 Å². The Balaban J connectivity index is 1.89. The average Bonchev–Trinajstić information content (AvgIpc) is 2.47. The number of nitrogens with one attached hydrogen (secondary N) is 1. The van der Waals surface area contributed by atoms with E-state index in [0.717, 1.165) is 23.7 Å². The van der Waals surface area contributed by atoms with Crippen molar-refractivity contribution in [2.75, 3.05) is 13.2 Å². The van der Waals surface area contributed by atoms with Crippen molar-refractivity contribution in [2.24, 2.45) is 0 Å². The predicted molar refractivity (Wildman–Crippen MR) is 77.7 cm³/mol. The maximum Gasteiger partial charge on any atom is 0.252 e. The zero-order valence-electron chi connectivity index (χ0n) is 11.6. The van der Waals surface area contributed by atoms with Gasteiger partial charge in [-0.2, -0.15) is 0 Å². The first-order valence-corrected chi connectivity index (χ1v) is 6.92. The normalized spacial score (nSPS) is 17.9. The van der Waals surface area contributed by atoms with Crippen molar-refractivity contribution in [3.63, 3.8) is 0 Å². The standard InChI is InChI=1S/C16H18N2O2/c1-16(7-10-20-11-8-16)18-15(19)13-4-2-6-14-12(13)5-3-9-17-14/h2-6,9H,7-8,10-11H2,1H3,(H,18,19). The van der Waals surface area contributed by atoms with E-state index in [0.29, 0.717) is 18.8 Å². The fourth-order valence-corrected chi connectivity index (χ4v) is 2.59. The summed E-state index contributed by atoms with van der Waals surface area (Å²) in [6.07, 6.45) is 3.44. The van der Waals surface area contributed by atoms with Crippen molar-refractivity contribution in [3.8, 4) is 0 Å². The molecule has 1 aliphatic heterocycles. The van der Waals surface area contributed by atoms with Crippen LogP contribution in [-0.4, -0.2) is 29.6 Å². The predicted octanol–water partition coefficient (Wildman–Crippen LogP) is 2.53. The monoisotopic (exact) mass is 270 g/mol. The van der Waals surface area contributed by atoms with Gasteiger partial charge in [-0.15, -0.1) is 0 Å². The van der Waals surface area contributed by atoms with Gasteiger partial charge >= 0.3 is 0 Å². The molecule has 4 nitrogen and oxygen atoms in total. The van der Waals surface area contributed by atoms with E-state index in [9.17, 15) is 4.79 Å². The summed E-state index contributed by atoms with van der Waals surface area (Å²) >= 11 is 0. The molecule has 2 heterocycles. The molecule has 0 saturated carbocycles. The van der Waals surface area contributed by atoms with E-state index in [1.807, 2.05) is 30.3 Å². The Morgan fingerprint density at radius 3 is 2.85 bits per heavy atom. The first kappa shape index (κ1) is 13.1. The van der Waals surface area contributed by atoms with Gasteiger partial charge in [0.05, 0.1) is 5.52 Å². The maximum absolute atomic E-state index is 12.6. The topological polar surface area (TPSA) is 51.2 Å². The molecule has 104 valence electrons. The Labute approximate surface area is 118 Å². The third kappa shape index (κ3) is 2.51. The summed E-state index contributed by atoms with van der Waals surface area (Å²) in [5.74, 6) is -0.0343. The molecule has 3 rings (SSSR count). The maximum atomic E-state index is 12.6. The third-order valence-corrected chi connectivity index (χ3v) is 3.90. The first-order valence-electron chi connectivity index (χ1n) is 6.92. The van der Waals surface area contributed by atoms with Crippen molar-refractivity contribution < 1.29 is 9.53 Å². The van der Waals surface area contributed by atoms with E-state index >= 15 is 0 Å². The van der Waals surface area contributed by atoms with Gasteiger partial charge in [-0.25, -0.2) is 0 Å². The van der Waals surface area contributed by atoms with Crippen molar-refractivity contribution in [3.05, 3.63) is 42.1 Å². The average molecular weight is 270 g/mol. The van der Waals surface area contributed by atoms with E-state index in [1.54, 1.807) is 6.20 Å². The highest BCUT2D eigenvalue weighted by Crippen LogP contribution is 2.22. The zero-order valence-corrected chi connectivity index (χ0v) is 11.6. The van der Waals surface area contributed by atoms with Gasteiger partial charge in [0.1, 0.15) is 0 Å². The van der Waals surface area contributed by atoms with Crippen LogP contribution >= 0.6 is 0 Å². The SMILES string of the molecule is CC1(NC(=O)c2cccc3ncccc23)CCOCC1. The number of carbonyl (C=O) groups excluding carboxylic acids is 1. The molecule has 4 heteroatoms. The molecule has 1 aliphatic rings. The van der Waals surface area contributed by atoms with E-state index in [4.69, 9.17) is 4.74 Å². The fourth-order valence-electron chi connectivity index (χ4n) is 2.59.